The number of halogens is 2. The summed E-state index contributed by atoms with van der Waals surface area (Å²) >= 11 is 5.90. The van der Waals surface area contributed by atoms with Gasteiger partial charge in [-0.3, -0.25) is 0 Å². The molecule has 5 nitrogen and oxygen atoms in total. The zero-order valence-corrected chi connectivity index (χ0v) is 12.7. The molecule has 0 amide bonds. The number of benzene rings is 1. The number of aromatic nitrogens is 1. The lowest BCUT2D eigenvalue weighted by molar-refractivity contribution is 0.456. The summed E-state index contributed by atoms with van der Waals surface area (Å²) in [6.45, 7) is -0.206. The number of anilines is 1. The van der Waals surface area contributed by atoms with Crippen molar-refractivity contribution >= 4 is 27.4 Å². The van der Waals surface area contributed by atoms with Gasteiger partial charge in [-0.15, -0.1) is 0 Å². The molecular weight excluding hydrogens is 317 g/mol. The second kappa shape index (κ2) is 5.97. The van der Waals surface area contributed by atoms with E-state index in [9.17, 15) is 12.8 Å². The van der Waals surface area contributed by atoms with Crippen LogP contribution in [0.5, 0.6) is 0 Å². The normalized spacial score (nSPS) is 11.8. The Hall–Kier alpha value is -1.70. The van der Waals surface area contributed by atoms with Crippen LogP contribution >= 0.6 is 11.6 Å². The highest BCUT2D eigenvalue weighted by molar-refractivity contribution is 7.89. The smallest absolute Gasteiger partial charge is 0.246 e. The summed E-state index contributed by atoms with van der Waals surface area (Å²) in [5.41, 5.74) is 5.68. The Morgan fingerprint density at radius 2 is 2.05 bits per heavy atom. The van der Waals surface area contributed by atoms with Crippen molar-refractivity contribution in [2.45, 2.75) is 11.4 Å². The van der Waals surface area contributed by atoms with E-state index in [1.54, 1.807) is 0 Å². The van der Waals surface area contributed by atoms with Gasteiger partial charge in [-0.25, -0.2) is 17.8 Å². The van der Waals surface area contributed by atoms with Crippen molar-refractivity contribution in [2.75, 3.05) is 12.8 Å². The molecule has 0 aliphatic carbocycles. The lowest BCUT2D eigenvalue weighted by Crippen LogP contribution is -2.28. The molecule has 1 heterocycles. The number of hydrogen-bond acceptors (Lipinski definition) is 4. The molecular formula is C13H13ClFN3O2S. The molecule has 0 fully saturated rings. The molecule has 112 valence electrons. The summed E-state index contributed by atoms with van der Waals surface area (Å²) in [7, 11) is -2.56. The van der Waals surface area contributed by atoms with Crippen molar-refractivity contribution in [1.82, 2.24) is 9.29 Å². The fourth-order valence-electron chi connectivity index (χ4n) is 1.78. The minimum absolute atomic E-state index is 0.104. The highest BCUT2D eigenvalue weighted by Crippen LogP contribution is 2.24. The van der Waals surface area contributed by atoms with Gasteiger partial charge in [-0.05, 0) is 24.3 Å². The van der Waals surface area contributed by atoms with Gasteiger partial charge in [0.1, 0.15) is 16.5 Å². The van der Waals surface area contributed by atoms with Crippen molar-refractivity contribution in [3.05, 3.63) is 52.9 Å². The van der Waals surface area contributed by atoms with Crippen LogP contribution in [0.1, 0.15) is 5.56 Å². The molecule has 0 bridgehead atoms. The molecule has 0 saturated heterocycles. The third-order valence-electron chi connectivity index (χ3n) is 2.93. The lowest BCUT2D eigenvalue weighted by Gasteiger charge is -2.18. The van der Waals surface area contributed by atoms with Crippen molar-refractivity contribution in [3.8, 4) is 0 Å². The van der Waals surface area contributed by atoms with Gasteiger partial charge in [-0.1, -0.05) is 17.7 Å². The van der Waals surface area contributed by atoms with E-state index in [2.05, 4.69) is 4.98 Å². The summed E-state index contributed by atoms with van der Waals surface area (Å²) in [6.07, 6.45) is 1.39. The van der Waals surface area contributed by atoms with Crippen LogP contribution in [0.3, 0.4) is 0 Å². The first-order chi connectivity index (χ1) is 9.84. The third kappa shape index (κ3) is 3.15. The number of rotatable bonds is 4. The fourth-order valence-corrected chi connectivity index (χ4v) is 3.20. The monoisotopic (exact) mass is 329 g/mol. The predicted molar refractivity (Wildman–Crippen MR) is 78.7 cm³/mol. The molecule has 2 N–H and O–H groups in total. The first kappa shape index (κ1) is 15.7. The van der Waals surface area contributed by atoms with Gasteiger partial charge in [0.15, 0.2) is 0 Å². The Morgan fingerprint density at radius 3 is 2.67 bits per heavy atom. The zero-order valence-electron chi connectivity index (χ0n) is 11.1. The minimum atomic E-state index is -3.88. The van der Waals surface area contributed by atoms with E-state index in [1.807, 2.05) is 0 Å². The van der Waals surface area contributed by atoms with E-state index in [-0.39, 0.29) is 27.8 Å². The Bertz CT molecular complexity index is 748. The van der Waals surface area contributed by atoms with Gasteiger partial charge in [0.2, 0.25) is 10.0 Å². The molecule has 21 heavy (non-hydrogen) atoms. The topological polar surface area (TPSA) is 76.3 Å². The highest BCUT2D eigenvalue weighted by Gasteiger charge is 2.25. The molecule has 0 saturated carbocycles. The van der Waals surface area contributed by atoms with Crippen molar-refractivity contribution in [1.29, 1.82) is 0 Å². The van der Waals surface area contributed by atoms with Crippen LogP contribution in [0.15, 0.2) is 41.4 Å². The van der Waals surface area contributed by atoms with Crippen LogP contribution in [0.2, 0.25) is 5.02 Å². The first-order valence-corrected chi connectivity index (χ1v) is 7.75. The maximum atomic E-state index is 13.7. The Labute approximate surface area is 127 Å². The second-order valence-corrected chi connectivity index (χ2v) is 6.77. The molecule has 8 heteroatoms. The molecule has 0 aliphatic heterocycles. The fraction of sp³-hybridized carbons (Fsp3) is 0.154. The van der Waals surface area contributed by atoms with Crippen LogP contribution in [0.4, 0.5) is 10.2 Å². The molecule has 0 spiro atoms. The van der Waals surface area contributed by atoms with Crippen LogP contribution < -0.4 is 5.73 Å². The van der Waals surface area contributed by atoms with Gasteiger partial charge in [0, 0.05) is 30.4 Å². The van der Waals surface area contributed by atoms with E-state index in [4.69, 9.17) is 17.3 Å². The predicted octanol–water partition coefficient (Wildman–Crippen LogP) is 2.28. The SMILES string of the molecule is CN(Cc1c(F)cccc1Cl)S(=O)(=O)c1cccnc1N. The maximum Gasteiger partial charge on any atom is 0.246 e. The largest absolute Gasteiger partial charge is 0.383 e. The minimum Gasteiger partial charge on any atom is -0.383 e. The molecule has 0 atom stereocenters. The zero-order chi connectivity index (χ0) is 15.6. The molecule has 0 unspecified atom stereocenters. The average molecular weight is 330 g/mol. The Balaban J connectivity index is 2.36. The second-order valence-electron chi connectivity index (χ2n) is 4.35. The van der Waals surface area contributed by atoms with Gasteiger partial charge >= 0.3 is 0 Å². The van der Waals surface area contributed by atoms with Crippen LogP contribution in [0, 0.1) is 5.82 Å². The van der Waals surface area contributed by atoms with E-state index >= 15 is 0 Å². The van der Waals surface area contributed by atoms with E-state index in [0.29, 0.717) is 0 Å². The average Bonchev–Trinajstić information content (AvgIpc) is 2.43. The standard InChI is InChI=1S/C13H13ClFN3O2S/c1-18(8-9-10(14)4-2-5-11(9)15)21(19,20)12-6-3-7-17-13(12)16/h2-7H,8H2,1H3,(H2,16,17). The Kier molecular flexibility index (Phi) is 4.46. The molecule has 2 aromatic rings. The lowest BCUT2D eigenvalue weighted by atomic mass is 10.2. The number of nitrogen functional groups attached to an aromatic ring is 1. The van der Waals surface area contributed by atoms with Crippen LogP contribution in [-0.2, 0) is 16.6 Å². The van der Waals surface area contributed by atoms with Gasteiger partial charge in [-0.2, -0.15) is 4.31 Å². The Morgan fingerprint density at radius 1 is 1.33 bits per heavy atom. The summed E-state index contributed by atoms with van der Waals surface area (Å²) in [4.78, 5) is 3.62. The highest BCUT2D eigenvalue weighted by atomic mass is 35.5. The quantitative estimate of drug-likeness (QED) is 0.933. The van der Waals surface area contributed by atoms with Crippen molar-refractivity contribution in [2.24, 2.45) is 0 Å². The summed E-state index contributed by atoms with van der Waals surface area (Å²) in [6, 6.07) is 6.98. The van der Waals surface area contributed by atoms with Crippen LogP contribution in [-0.4, -0.2) is 24.8 Å². The van der Waals surface area contributed by atoms with E-state index in [0.717, 1.165) is 4.31 Å². The molecule has 1 aromatic carbocycles. The number of nitrogens with zero attached hydrogens (tertiary/aromatic N) is 2. The third-order valence-corrected chi connectivity index (χ3v) is 5.14. The van der Waals surface area contributed by atoms with Gasteiger partial charge in [0.05, 0.1) is 0 Å². The molecule has 1 aromatic heterocycles. The maximum absolute atomic E-state index is 13.7. The number of hydrogen-bond donors (Lipinski definition) is 1. The van der Waals surface area contributed by atoms with E-state index in [1.165, 1.54) is 43.6 Å². The summed E-state index contributed by atoms with van der Waals surface area (Å²) in [5.74, 6) is -0.673. The number of nitrogens with two attached hydrogens (primary N) is 1. The molecule has 2 rings (SSSR count). The van der Waals surface area contributed by atoms with E-state index < -0.39 is 15.8 Å². The van der Waals surface area contributed by atoms with Gasteiger partial charge < -0.3 is 5.73 Å². The summed E-state index contributed by atoms with van der Waals surface area (Å²) in [5, 5.41) is 0.163. The first-order valence-electron chi connectivity index (χ1n) is 5.93. The van der Waals surface area contributed by atoms with Crippen molar-refractivity contribution < 1.29 is 12.8 Å². The molecule has 0 aliphatic rings. The van der Waals surface area contributed by atoms with Gasteiger partial charge in [0.25, 0.3) is 0 Å². The number of sulfonamides is 1. The number of pyridine rings is 1. The molecule has 0 radical (unpaired) electrons. The van der Waals surface area contributed by atoms with Crippen LogP contribution in [0.25, 0.3) is 0 Å². The summed E-state index contributed by atoms with van der Waals surface area (Å²) < 4.78 is 39.6. The van der Waals surface area contributed by atoms with Crippen molar-refractivity contribution in [3.63, 3.8) is 0 Å².